The Bertz CT molecular complexity index is 1630. The summed E-state index contributed by atoms with van der Waals surface area (Å²) < 4.78 is 46.7. The number of nitrogens with one attached hydrogen (secondary N) is 1. The van der Waals surface area contributed by atoms with Crippen molar-refractivity contribution in [2.75, 3.05) is 11.6 Å². The predicted molar refractivity (Wildman–Crippen MR) is 132 cm³/mol. The maximum atomic E-state index is 13.9. The first-order chi connectivity index (χ1) is 17.6. The molecule has 1 N–H and O–H groups in total. The van der Waals surface area contributed by atoms with Gasteiger partial charge in [-0.15, -0.1) is 4.36 Å². The van der Waals surface area contributed by atoms with E-state index >= 15 is 0 Å². The maximum Gasteiger partial charge on any atom is 0.437 e. The van der Waals surface area contributed by atoms with Gasteiger partial charge in [-0.25, -0.2) is 4.98 Å². The molecular weight excluding hydrogens is 503 g/mol. The normalized spacial score (nSPS) is 12.2. The van der Waals surface area contributed by atoms with E-state index < -0.39 is 34.2 Å². The van der Waals surface area contributed by atoms with Crippen molar-refractivity contribution in [3.63, 3.8) is 0 Å². The molecule has 4 aromatic rings. The number of carbonyl (C=O) groups is 1. The molecule has 12 heteroatoms. The number of aromatic nitrogens is 3. The summed E-state index contributed by atoms with van der Waals surface area (Å²) in [5.74, 6) is -0.777. The molecule has 1 unspecified atom stereocenters. The van der Waals surface area contributed by atoms with Crippen LogP contribution in [-0.2, 0) is 23.4 Å². The number of halogens is 3. The Balaban J connectivity index is 1.77. The van der Waals surface area contributed by atoms with Crippen molar-refractivity contribution < 1.29 is 18.0 Å². The number of rotatable bonds is 5. The summed E-state index contributed by atoms with van der Waals surface area (Å²) in [5, 5.41) is 24.8. The number of fused-ring (bicyclic) bond motifs is 1. The Kier molecular flexibility index (Phi) is 7.05. The highest BCUT2D eigenvalue weighted by Gasteiger charge is 2.39. The van der Waals surface area contributed by atoms with Crippen LogP contribution in [0.4, 0.5) is 18.9 Å². The van der Waals surface area contributed by atoms with Crippen LogP contribution in [0.1, 0.15) is 32.9 Å². The molecule has 4 rings (SSSR count). The summed E-state index contributed by atoms with van der Waals surface area (Å²) in [4.78, 5) is 17.8. The van der Waals surface area contributed by atoms with Gasteiger partial charge in [0, 0.05) is 5.39 Å². The second kappa shape index (κ2) is 10.2. The van der Waals surface area contributed by atoms with Crippen molar-refractivity contribution in [1.29, 1.82) is 10.5 Å². The van der Waals surface area contributed by atoms with Crippen molar-refractivity contribution in [2.45, 2.75) is 24.7 Å². The van der Waals surface area contributed by atoms with Crippen LogP contribution in [0.3, 0.4) is 0 Å². The number of hydrogen-bond acceptors (Lipinski definition) is 6. The summed E-state index contributed by atoms with van der Waals surface area (Å²) in [5.41, 5.74) is 0.0373. The molecule has 0 aliphatic rings. The topological polar surface area (TPSA) is 120 Å². The van der Waals surface area contributed by atoms with E-state index in [2.05, 4.69) is 19.8 Å². The fraction of sp³-hybridized carbons (Fsp3) is 0.160. The average Bonchev–Trinajstić information content (AvgIpc) is 3.19. The summed E-state index contributed by atoms with van der Waals surface area (Å²) in [6.07, 6.45) is -1.46. The lowest BCUT2D eigenvalue weighted by atomic mass is 10.1. The molecule has 0 spiro atoms. The van der Waals surface area contributed by atoms with Crippen molar-refractivity contribution in [3.05, 3.63) is 82.7 Å². The third-order valence-corrected chi connectivity index (χ3v) is 6.72. The van der Waals surface area contributed by atoms with Crippen LogP contribution >= 0.6 is 0 Å². The number of anilines is 1. The van der Waals surface area contributed by atoms with Gasteiger partial charge in [0.2, 0.25) is 6.19 Å². The van der Waals surface area contributed by atoms with Gasteiger partial charge >= 0.3 is 6.18 Å². The van der Waals surface area contributed by atoms with E-state index in [1.165, 1.54) is 13.0 Å². The minimum atomic E-state index is -4.82. The second-order valence-corrected chi connectivity index (χ2v) is 9.48. The smallest absolute Gasteiger partial charge is 0.319 e. The van der Waals surface area contributed by atoms with Gasteiger partial charge in [0.15, 0.2) is 5.69 Å². The molecule has 1 atom stereocenters. The van der Waals surface area contributed by atoms with Crippen LogP contribution in [0.2, 0.25) is 0 Å². The molecule has 37 heavy (non-hydrogen) atoms. The first-order valence-corrected chi connectivity index (χ1v) is 12.3. The number of pyridine rings is 1. The summed E-state index contributed by atoms with van der Waals surface area (Å²) in [7, 11) is -0.950. The zero-order chi connectivity index (χ0) is 26.7. The van der Waals surface area contributed by atoms with Crippen molar-refractivity contribution in [2.24, 2.45) is 4.36 Å². The molecule has 2 aromatic heterocycles. The Hall–Kier alpha value is -4.55. The fourth-order valence-corrected chi connectivity index (χ4v) is 4.42. The number of benzene rings is 2. The third kappa shape index (κ3) is 5.34. The van der Waals surface area contributed by atoms with E-state index in [9.17, 15) is 18.0 Å². The molecule has 186 valence electrons. The molecular formula is C25H18F3N7OS. The molecule has 0 aliphatic heterocycles. The lowest BCUT2D eigenvalue weighted by Crippen LogP contribution is -2.17. The van der Waals surface area contributed by atoms with Crippen LogP contribution in [0.5, 0.6) is 0 Å². The predicted octanol–water partition coefficient (Wildman–Crippen LogP) is 5.20. The maximum absolute atomic E-state index is 13.9. The number of amides is 1. The molecule has 0 radical (unpaired) electrons. The molecule has 0 bridgehead atoms. The van der Waals surface area contributed by atoms with Crippen molar-refractivity contribution in [3.8, 4) is 12.3 Å². The number of carbonyl (C=O) groups excluding carboxylic acids is 1. The molecule has 0 saturated heterocycles. The molecule has 0 fully saturated rings. The Morgan fingerprint density at radius 2 is 1.86 bits per heavy atom. The molecule has 1 amide bonds. The highest BCUT2D eigenvalue weighted by molar-refractivity contribution is 7.86. The zero-order valence-corrected chi connectivity index (χ0v) is 20.4. The van der Waals surface area contributed by atoms with Crippen LogP contribution in [0.25, 0.3) is 10.9 Å². The Morgan fingerprint density at radius 1 is 1.16 bits per heavy atom. The molecule has 2 heterocycles. The fourth-order valence-electron chi connectivity index (χ4n) is 3.68. The number of alkyl halides is 3. The minimum Gasteiger partial charge on any atom is -0.319 e. The molecule has 8 nitrogen and oxygen atoms in total. The standard InChI is InChI=1S/C25H18F3N7OS/c1-15-22(23(25(26,27)28)34-35(15)13-17-9-7-16(12-29)8-10-17)33-24(36)19-11-21(37(2)31-14-30)32-20-6-4-3-5-18(19)20/h3-11H,13H2,1-2H3,(H,33,36). The lowest BCUT2D eigenvalue weighted by Gasteiger charge is -2.12. The summed E-state index contributed by atoms with van der Waals surface area (Å²) >= 11 is 0. The van der Waals surface area contributed by atoms with E-state index in [0.29, 0.717) is 27.1 Å². The van der Waals surface area contributed by atoms with Gasteiger partial charge in [0.25, 0.3) is 5.91 Å². The van der Waals surface area contributed by atoms with Gasteiger partial charge in [0.1, 0.15) is 5.03 Å². The third-order valence-electron chi connectivity index (χ3n) is 5.55. The van der Waals surface area contributed by atoms with Crippen molar-refractivity contribution in [1.82, 2.24) is 14.8 Å². The van der Waals surface area contributed by atoms with E-state index in [1.54, 1.807) is 61.0 Å². The van der Waals surface area contributed by atoms with E-state index in [-0.39, 0.29) is 17.8 Å². The second-order valence-electron chi connectivity index (χ2n) is 7.92. The highest BCUT2D eigenvalue weighted by atomic mass is 32.2. The van der Waals surface area contributed by atoms with Crippen LogP contribution in [0, 0.1) is 29.7 Å². The number of nitrogens with zero attached hydrogens (tertiary/aromatic N) is 6. The average molecular weight is 522 g/mol. The van der Waals surface area contributed by atoms with Crippen LogP contribution in [0.15, 0.2) is 64.0 Å². The van der Waals surface area contributed by atoms with Crippen LogP contribution < -0.4 is 5.32 Å². The van der Waals surface area contributed by atoms with Gasteiger partial charge in [0.05, 0.1) is 40.6 Å². The first-order valence-electron chi connectivity index (χ1n) is 10.7. The van der Waals surface area contributed by atoms with Crippen molar-refractivity contribution >= 4 is 33.2 Å². The molecule has 0 saturated carbocycles. The number of nitriles is 2. The Morgan fingerprint density at radius 3 is 2.51 bits per heavy atom. The monoisotopic (exact) mass is 521 g/mol. The minimum absolute atomic E-state index is 0.00707. The zero-order valence-electron chi connectivity index (χ0n) is 19.5. The number of hydrogen-bond donors (Lipinski definition) is 1. The quantitative estimate of drug-likeness (QED) is 0.362. The Labute approximate surface area is 212 Å². The van der Waals surface area contributed by atoms with Crippen LogP contribution in [-0.4, -0.2) is 26.9 Å². The SMILES string of the molecule is Cc1c(NC(=O)c2cc(/S(C)=N\C#N)nc3ccccc23)c(C(F)(F)F)nn1Cc1ccc(C#N)cc1. The van der Waals surface area contributed by atoms with E-state index in [1.807, 2.05) is 6.07 Å². The largest absolute Gasteiger partial charge is 0.437 e. The van der Waals surface area contributed by atoms with Gasteiger partial charge < -0.3 is 5.32 Å². The molecule has 0 aliphatic carbocycles. The van der Waals surface area contributed by atoms with Gasteiger partial charge in [-0.05, 0) is 53.7 Å². The molecule has 2 aromatic carbocycles. The van der Waals surface area contributed by atoms with E-state index in [0.717, 1.165) is 4.68 Å². The summed E-state index contributed by atoms with van der Waals surface area (Å²) in [6, 6.07) is 16.5. The van der Waals surface area contributed by atoms with Gasteiger partial charge in [-0.1, -0.05) is 30.3 Å². The lowest BCUT2D eigenvalue weighted by molar-refractivity contribution is -0.140. The van der Waals surface area contributed by atoms with E-state index in [4.69, 9.17) is 10.5 Å². The number of para-hydroxylation sites is 1. The first kappa shape index (κ1) is 25.5. The summed E-state index contributed by atoms with van der Waals surface area (Å²) in [6.45, 7) is 1.44. The van der Waals surface area contributed by atoms with Gasteiger partial charge in [-0.3, -0.25) is 9.48 Å². The highest BCUT2D eigenvalue weighted by Crippen LogP contribution is 2.36. The van der Waals surface area contributed by atoms with Gasteiger partial charge in [-0.2, -0.15) is 28.8 Å².